The Kier molecular flexibility index (Phi) is 5.47. The minimum atomic E-state index is 0.0951. The first-order valence-electron chi connectivity index (χ1n) is 6.36. The van der Waals surface area contributed by atoms with Crippen molar-refractivity contribution in [2.45, 2.75) is 26.3 Å². The highest BCUT2D eigenvalue weighted by Gasteiger charge is 2.19. The van der Waals surface area contributed by atoms with Crippen LogP contribution in [0, 0.1) is 10.5 Å². The summed E-state index contributed by atoms with van der Waals surface area (Å²) in [5.74, 6) is 1.91. The molecule has 2 rings (SSSR count). The molecule has 0 spiro atoms. The average Bonchev–Trinajstić information content (AvgIpc) is 2.80. The number of halogens is 2. The molecule has 0 aliphatic rings. The van der Waals surface area contributed by atoms with Crippen LogP contribution in [-0.4, -0.2) is 6.54 Å². The second-order valence-corrected chi connectivity index (χ2v) is 6.60. The molecular formula is C15H17BrINO. The molecule has 102 valence electrons. The topological polar surface area (TPSA) is 25.2 Å². The van der Waals surface area contributed by atoms with Gasteiger partial charge in [0.1, 0.15) is 11.5 Å². The van der Waals surface area contributed by atoms with E-state index in [1.54, 1.807) is 0 Å². The van der Waals surface area contributed by atoms with Gasteiger partial charge < -0.3 is 9.73 Å². The van der Waals surface area contributed by atoms with Crippen molar-refractivity contribution in [1.82, 2.24) is 5.32 Å². The second kappa shape index (κ2) is 6.90. The number of aryl methyl sites for hydroxylation is 1. The molecule has 1 aromatic carbocycles. The number of hydrogen-bond donors (Lipinski definition) is 1. The fourth-order valence-electron chi connectivity index (χ4n) is 2.00. The Labute approximate surface area is 136 Å². The van der Waals surface area contributed by atoms with Gasteiger partial charge in [-0.25, -0.2) is 0 Å². The lowest BCUT2D eigenvalue weighted by molar-refractivity contribution is 0.430. The van der Waals surface area contributed by atoms with Crippen molar-refractivity contribution in [2.75, 3.05) is 6.54 Å². The highest BCUT2D eigenvalue weighted by Crippen LogP contribution is 2.31. The molecule has 1 N–H and O–H groups in total. The lowest BCUT2D eigenvalue weighted by Gasteiger charge is -2.18. The van der Waals surface area contributed by atoms with Gasteiger partial charge in [0.25, 0.3) is 0 Å². The number of hydrogen-bond acceptors (Lipinski definition) is 2. The second-order valence-electron chi connectivity index (χ2n) is 4.50. The van der Waals surface area contributed by atoms with E-state index < -0.39 is 0 Å². The van der Waals surface area contributed by atoms with Crippen LogP contribution in [0.1, 0.15) is 36.5 Å². The van der Waals surface area contributed by atoms with Gasteiger partial charge >= 0.3 is 0 Å². The SMILES string of the molecule is CCCNC(c1ccc(C)o1)c1cc(I)ccc1Br. The van der Waals surface area contributed by atoms with Crippen molar-refractivity contribution in [1.29, 1.82) is 0 Å². The van der Waals surface area contributed by atoms with Gasteiger partial charge in [-0.3, -0.25) is 0 Å². The van der Waals surface area contributed by atoms with E-state index in [1.807, 2.05) is 13.0 Å². The number of furan rings is 1. The number of rotatable bonds is 5. The maximum atomic E-state index is 5.81. The van der Waals surface area contributed by atoms with Crippen molar-refractivity contribution >= 4 is 38.5 Å². The lowest BCUT2D eigenvalue weighted by atomic mass is 10.0. The molecule has 0 saturated carbocycles. The van der Waals surface area contributed by atoms with E-state index in [2.05, 4.69) is 75.0 Å². The van der Waals surface area contributed by atoms with E-state index in [4.69, 9.17) is 4.42 Å². The molecule has 0 fully saturated rings. The van der Waals surface area contributed by atoms with Gasteiger partial charge in [-0.2, -0.15) is 0 Å². The molecule has 19 heavy (non-hydrogen) atoms. The highest BCUT2D eigenvalue weighted by molar-refractivity contribution is 14.1. The first kappa shape index (κ1) is 15.1. The zero-order valence-corrected chi connectivity index (χ0v) is 14.8. The van der Waals surface area contributed by atoms with Crippen LogP contribution >= 0.6 is 38.5 Å². The molecule has 1 unspecified atom stereocenters. The third kappa shape index (κ3) is 3.83. The van der Waals surface area contributed by atoms with Crippen LogP contribution in [0.5, 0.6) is 0 Å². The smallest absolute Gasteiger partial charge is 0.125 e. The third-order valence-corrected chi connectivity index (χ3v) is 4.31. The molecule has 0 amide bonds. The van der Waals surface area contributed by atoms with Crippen molar-refractivity contribution in [3.8, 4) is 0 Å². The Morgan fingerprint density at radius 1 is 1.32 bits per heavy atom. The Morgan fingerprint density at radius 3 is 2.74 bits per heavy atom. The molecule has 0 radical (unpaired) electrons. The highest BCUT2D eigenvalue weighted by atomic mass is 127. The van der Waals surface area contributed by atoms with Gasteiger partial charge in [0.05, 0.1) is 6.04 Å². The lowest BCUT2D eigenvalue weighted by Crippen LogP contribution is -2.23. The summed E-state index contributed by atoms with van der Waals surface area (Å²) in [4.78, 5) is 0. The summed E-state index contributed by atoms with van der Waals surface area (Å²) in [7, 11) is 0. The summed E-state index contributed by atoms with van der Waals surface area (Å²) < 4.78 is 8.14. The zero-order chi connectivity index (χ0) is 13.8. The first-order chi connectivity index (χ1) is 9.11. The van der Waals surface area contributed by atoms with E-state index in [9.17, 15) is 0 Å². The predicted molar refractivity (Wildman–Crippen MR) is 90.4 cm³/mol. The molecule has 1 aromatic heterocycles. The maximum absolute atomic E-state index is 5.81. The van der Waals surface area contributed by atoms with Crippen LogP contribution in [0.4, 0.5) is 0 Å². The number of nitrogens with one attached hydrogen (secondary N) is 1. The summed E-state index contributed by atoms with van der Waals surface area (Å²) in [6.45, 7) is 5.10. The van der Waals surface area contributed by atoms with Gasteiger partial charge in [0, 0.05) is 8.04 Å². The minimum Gasteiger partial charge on any atom is -0.464 e. The summed E-state index contributed by atoms with van der Waals surface area (Å²) in [6, 6.07) is 10.5. The van der Waals surface area contributed by atoms with Crippen LogP contribution in [0.3, 0.4) is 0 Å². The fourth-order valence-corrected chi connectivity index (χ4v) is 2.99. The Hall–Kier alpha value is -0.330. The van der Waals surface area contributed by atoms with E-state index in [1.165, 1.54) is 9.13 Å². The van der Waals surface area contributed by atoms with Gasteiger partial charge in [-0.1, -0.05) is 22.9 Å². The Morgan fingerprint density at radius 2 is 2.11 bits per heavy atom. The minimum absolute atomic E-state index is 0.0951. The summed E-state index contributed by atoms with van der Waals surface area (Å²) in [5, 5.41) is 3.56. The summed E-state index contributed by atoms with van der Waals surface area (Å²) >= 11 is 5.98. The van der Waals surface area contributed by atoms with E-state index in [-0.39, 0.29) is 6.04 Å². The van der Waals surface area contributed by atoms with Crippen LogP contribution in [0.2, 0.25) is 0 Å². The van der Waals surface area contributed by atoms with Gasteiger partial charge in [-0.15, -0.1) is 0 Å². The molecule has 1 heterocycles. The van der Waals surface area contributed by atoms with Crippen molar-refractivity contribution < 1.29 is 4.42 Å². The van der Waals surface area contributed by atoms with Gasteiger partial charge in [0.15, 0.2) is 0 Å². The largest absolute Gasteiger partial charge is 0.464 e. The van der Waals surface area contributed by atoms with Gasteiger partial charge in [0.2, 0.25) is 0 Å². The van der Waals surface area contributed by atoms with Crippen LogP contribution in [0.25, 0.3) is 0 Å². The normalized spacial score (nSPS) is 12.6. The first-order valence-corrected chi connectivity index (χ1v) is 8.23. The van der Waals surface area contributed by atoms with E-state index in [0.717, 1.165) is 29.0 Å². The standard InChI is InChI=1S/C15H17BrINO/c1-3-8-18-15(14-7-4-10(2)19-14)12-9-11(17)5-6-13(12)16/h4-7,9,15,18H,3,8H2,1-2H3. The molecular weight excluding hydrogens is 417 g/mol. The molecule has 2 aromatic rings. The van der Waals surface area contributed by atoms with Gasteiger partial charge in [-0.05, 0) is 78.4 Å². The maximum Gasteiger partial charge on any atom is 0.125 e. The molecule has 0 aliphatic heterocycles. The molecule has 2 nitrogen and oxygen atoms in total. The molecule has 4 heteroatoms. The van der Waals surface area contributed by atoms with Crippen molar-refractivity contribution in [2.24, 2.45) is 0 Å². The van der Waals surface area contributed by atoms with Crippen molar-refractivity contribution in [3.63, 3.8) is 0 Å². The molecule has 0 aliphatic carbocycles. The van der Waals surface area contributed by atoms with E-state index in [0.29, 0.717) is 0 Å². The fraction of sp³-hybridized carbons (Fsp3) is 0.333. The zero-order valence-electron chi connectivity index (χ0n) is 11.0. The quantitative estimate of drug-likeness (QED) is 0.668. The summed E-state index contributed by atoms with van der Waals surface area (Å²) in [6.07, 6.45) is 1.09. The van der Waals surface area contributed by atoms with E-state index >= 15 is 0 Å². The Bertz CT molecular complexity index is 553. The summed E-state index contributed by atoms with van der Waals surface area (Å²) in [5.41, 5.74) is 1.22. The molecule has 1 atom stereocenters. The van der Waals surface area contributed by atoms with Crippen molar-refractivity contribution in [3.05, 3.63) is 55.5 Å². The third-order valence-electron chi connectivity index (χ3n) is 2.91. The predicted octanol–water partition coefficient (Wildman–Crippen LogP) is 5.04. The average molecular weight is 434 g/mol. The number of benzene rings is 1. The van der Waals surface area contributed by atoms with Crippen LogP contribution in [0.15, 0.2) is 39.2 Å². The van der Waals surface area contributed by atoms with Crippen LogP contribution in [-0.2, 0) is 0 Å². The molecule has 0 bridgehead atoms. The van der Waals surface area contributed by atoms with Crippen LogP contribution < -0.4 is 5.32 Å². The monoisotopic (exact) mass is 433 g/mol. The Balaban J connectivity index is 2.39. The molecule has 0 saturated heterocycles.